The Bertz CT molecular complexity index is 1330. The summed E-state index contributed by atoms with van der Waals surface area (Å²) in [6, 6.07) is 9.84. The van der Waals surface area contributed by atoms with E-state index in [0.29, 0.717) is 22.6 Å². The number of non-ortho nitro benzene ring substituents is 1. The summed E-state index contributed by atoms with van der Waals surface area (Å²) < 4.78 is 16.1. The molecule has 4 rings (SSSR count). The van der Waals surface area contributed by atoms with Crippen molar-refractivity contribution in [3.05, 3.63) is 81.7 Å². The molecule has 3 aromatic rings. The number of hydrogen-bond acceptors (Lipinski definition) is 8. The standard InChI is InChI=1S/C25H24N4O7/c1-28-23(14-6-5-9-26-13-14)22(16-11-20(35-3)21(36-4)12-17(16)25(28)31)24(30)27-18-10-15(29(32)33)7-8-19(18)34-2/h5-13,22-23H,1-4H3,(H,27,30)/t22-,23-/m0/s1. The maximum Gasteiger partial charge on any atom is 0.271 e. The maximum absolute atomic E-state index is 13.9. The van der Waals surface area contributed by atoms with Crippen LogP contribution in [-0.2, 0) is 4.79 Å². The van der Waals surface area contributed by atoms with Crippen molar-refractivity contribution in [3.63, 3.8) is 0 Å². The maximum atomic E-state index is 13.9. The highest BCUT2D eigenvalue weighted by Gasteiger charge is 2.44. The van der Waals surface area contributed by atoms with Crippen molar-refractivity contribution in [2.24, 2.45) is 0 Å². The largest absolute Gasteiger partial charge is 0.495 e. The number of aromatic nitrogens is 1. The van der Waals surface area contributed by atoms with Gasteiger partial charge >= 0.3 is 0 Å². The molecule has 1 N–H and O–H groups in total. The summed E-state index contributed by atoms with van der Waals surface area (Å²) in [7, 11) is 5.92. The number of ether oxygens (including phenoxy) is 3. The highest BCUT2D eigenvalue weighted by Crippen LogP contribution is 2.46. The Hall–Kier alpha value is -4.67. The fourth-order valence-corrected chi connectivity index (χ4v) is 4.42. The van der Waals surface area contributed by atoms with Gasteiger partial charge in [0.2, 0.25) is 5.91 Å². The SMILES string of the molecule is COc1ccc([N+](=O)[O-])cc1NC(=O)[C@H]1c2cc(OC)c(OC)cc2C(=O)N(C)[C@H]1c1cccnc1. The fraction of sp³-hybridized carbons (Fsp3) is 0.240. The van der Waals surface area contributed by atoms with Gasteiger partial charge < -0.3 is 24.4 Å². The number of hydrogen-bond donors (Lipinski definition) is 1. The summed E-state index contributed by atoms with van der Waals surface area (Å²) in [6.07, 6.45) is 3.19. The average molecular weight is 492 g/mol. The van der Waals surface area contributed by atoms with Gasteiger partial charge in [0.15, 0.2) is 11.5 Å². The second kappa shape index (κ2) is 9.90. The molecule has 1 aliphatic rings. The molecule has 1 aliphatic heterocycles. The number of rotatable bonds is 7. The molecule has 11 nitrogen and oxygen atoms in total. The van der Waals surface area contributed by atoms with Gasteiger partial charge in [0.05, 0.1) is 43.9 Å². The lowest BCUT2D eigenvalue weighted by molar-refractivity contribution is -0.384. The average Bonchev–Trinajstić information content (AvgIpc) is 2.90. The van der Waals surface area contributed by atoms with Crippen LogP contribution in [0.1, 0.15) is 33.4 Å². The molecule has 0 bridgehead atoms. The minimum atomic E-state index is -0.921. The summed E-state index contributed by atoms with van der Waals surface area (Å²) in [5, 5.41) is 14.1. The van der Waals surface area contributed by atoms with Crippen LogP contribution in [0.5, 0.6) is 17.2 Å². The van der Waals surface area contributed by atoms with E-state index < -0.39 is 22.8 Å². The van der Waals surface area contributed by atoms with Crippen LogP contribution < -0.4 is 19.5 Å². The number of carbonyl (C=O) groups excluding carboxylic acids is 2. The summed E-state index contributed by atoms with van der Waals surface area (Å²) in [5.74, 6) is -0.788. The molecule has 11 heteroatoms. The Morgan fingerprint density at radius 1 is 1.06 bits per heavy atom. The first kappa shape index (κ1) is 24.5. The van der Waals surface area contributed by atoms with Crippen molar-refractivity contribution in [2.45, 2.75) is 12.0 Å². The van der Waals surface area contributed by atoms with Gasteiger partial charge in [0.1, 0.15) is 5.75 Å². The number of likely N-dealkylation sites (N-methyl/N-ethyl adjacent to an activating group) is 1. The number of nitrogens with zero attached hydrogens (tertiary/aromatic N) is 3. The number of carbonyl (C=O) groups is 2. The van der Waals surface area contributed by atoms with Crippen LogP contribution in [0, 0.1) is 10.1 Å². The van der Waals surface area contributed by atoms with Gasteiger partial charge in [-0.3, -0.25) is 24.7 Å². The number of nitrogens with one attached hydrogen (secondary N) is 1. The molecular weight excluding hydrogens is 468 g/mol. The van der Waals surface area contributed by atoms with Gasteiger partial charge in [-0.05, 0) is 35.4 Å². The zero-order valence-electron chi connectivity index (χ0n) is 20.1. The highest BCUT2D eigenvalue weighted by molar-refractivity contribution is 6.05. The smallest absolute Gasteiger partial charge is 0.271 e. The monoisotopic (exact) mass is 492 g/mol. The van der Waals surface area contributed by atoms with E-state index in [9.17, 15) is 19.7 Å². The molecule has 2 amide bonds. The molecule has 2 aromatic carbocycles. The van der Waals surface area contributed by atoms with Crippen LogP contribution in [0.25, 0.3) is 0 Å². The molecule has 0 saturated carbocycles. The van der Waals surface area contributed by atoms with Gasteiger partial charge in [0.25, 0.3) is 11.6 Å². The molecule has 2 atom stereocenters. The second-order valence-electron chi connectivity index (χ2n) is 8.05. The van der Waals surface area contributed by atoms with E-state index in [1.54, 1.807) is 43.7 Å². The van der Waals surface area contributed by atoms with Gasteiger partial charge in [-0.25, -0.2) is 0 Å². The molecule has 0 saturated heterocycles. The third kappa shape index (κ3) is 4.26. The molecule has 36 heavy (non-hydrogen) atoms. The number of fused-ring (bicyclic) bond motifs is 1. The highest BCUT2D eigenvalue weighted by atomic mass is 16.6. The van der Waals surface area contributed by atoms with Gasteiger partial charge in [-0.15, -0.1) is 0 Å². The Labute approximate surface area is 206 Å². The first-order valence-electron chi connectivity index (χ1n) is 10.9. The summed E-state index contributed by atoms with van der Waals surface area (Å²) in [4.78, 5) is 43.7. The lowest BCUT2D eigenvalue weighted by atomic mass is 9.79. The van der Waals surface area contributed by atoms with Crippen LogP contribution in [0.4, 0.5) is 11.4 Å². The third-order valence-electron chi connectivity index (χ3n) is 6.13. The quantitative estimate of drug-likeness (QED) is 0.391. The van der Waals surface area contributed by atoms with Crippen LogP contribution in [0.15, 0.2) is 54.9 Å². The van der Waals surface area contributed by atoms with Crippen molar-refractivity contribution in [2.75, 3.05) is 33.7 Å². The van der Waals surface area contributed by atoms with Gasteiger partial charge in [-0.2, -0.15) is 0 Å². The zero-order chi connectivity index (χ0) is 26.0. The van der Waals surface area contributed by atoms with Crippen molar-refractivity contribution < 1.29 is 28.7 Å². The van der Waals surface area contributed by atoms with E-state index in [-0.39, 0.29) is 28.6 Å². The fourth-order valence-electron chi connectivity index (χ4n) is 4.42. The molecule has 186 valence electrons. The Morgan fingerprint density at radius 2 is 1.75 bits per heavy atom. The predicted molar refractivity (Wildman–Crippen MR) is 130 cm³/mol. The van der Waals surface area contributed by atoms with Crippen LogP contribution >= 0.6 is 0 Å². The third-order valence-corrected chi connectivity index (χ3v) is 6.13. The van der Waals surface area contributed by atoms with E-state index in [0.717, 1.165) is 0 Å². The van der Waals surface area contributed by atoms with Crippen LogP contribution in [0.3, 0.4) is 0 Å². The second-order valence-corrected chi connectivity index (χ2v) is 8.05. The zero-order valence-corrected chi connectivity index (χ0v) is 20.1. The molecule has 1 aromatic heterocycles. The molecular formula is C25H24N4O7. The number of methoxy groups -OCH3 is 3. The number of nitro groups is 1. The van der Waals surface area contributed by atoms with Crippen LogP contribution in [-0.4, -0.2) is 55.0 Å². The van der Waals surface area contributed by atoms with E-state index in [1.807, 2.05) is 0 Å². The molecule has 0 spiro atoms. The van der Waals surface area contributed by atoms with Crippen molar-refractivity contribution >= 4 is 23.2 Å². The van der Waals surface area contributed by atoms with E-state index in [1.165, 1.54) is 44.4 Å². The first-order chi connectivity index (χ1) is 17.3. The number of benzene rings is 2. The summed E-state index contributed by atoms with van der Waals surface area (Å²) in [6.45, 7) is 0. The number of nitro benzene ring substituents is 1. The molecule has 0 unspecified atom stereocenters. The number of amides is 2. The topological polar surface area (TPSA) is 133 Å². The van der Waals surface area contributed by atoms with Crippen LogP contribution in [0.2, 0.25) is 0 Å². The minimum Gasteiger partial charge on any atom is -0.495 e. The predicted octanol–water partition coefficient (Wildman–Crippen LogP) is 3.56. The van der Waals surface area contributed by atoms with E-state index in [2.05, 4.69) is 10.3 Å². The number of anilines is 1. The Kier molecular flexibility index (Phi) is 6.73. The van der Waals surface area contributed by atoms with Gasteiger partial charge in [0, 0.05) is 37.1 Å². The molecule has 0 fully saturated rings. The Balaban J connectivity index is 1.88. The van der Waals surface area contributed by atoms with Crippen molar-refractivity contribution in [1.82, 2.24) is 9.88 Å². The summed E-state index contributed by atoms with van der Waals surface area (Å²) >= 11 is 0. The summed E-state index contributed by atoms with van der Waals surface area (Å²) in [5.41, 5.74) is 1.26. The number of pyridine rings is 1. The van der Waals surface area contributed by atoms with E-state index >= 15 is 0 Å². The lowest BCUT2D eigenvalue weighted by Gasteiger charge is -2.40. The van der Waals surface area contributed by atoms with E-state index in [4.69, 9.17) is 14.2 Å². The molecule has 0 aliphatic carbocycles. The minimum absolute atomic E-state index is 0.128. The van der Waals surface area contributed by atoms with Crippen molar-refractivity contribution in [3.8, 4) is 17.2 Å². The van der Waals surface area contributed by atoms with Gasteiger partial charge in [-0.1, -0.05) is 6.07 Å². The normalized spacial score (nSPS) is 16.7. The Morgan fingerprint density at radius 3 is 2.36 bits per heavy atom. The molecule has 0 radical (unpaired) electrons. The lowest BCUT2D eigenvalue weighted by Crippen LogP contribution is -2.44. The molecule has 2 heterocycles. The van der Waals surface area contributed by atoms with Crippen molar-refractivity contribution in [1.29, 1.82) is 0 Å². The first-order valence-corrected chi connectivity index (χ1v) is 10.9.